The van der Waals surface area contributed by atoms with E-state index in [2.05, 4.69) is 25.7 Å². The van der Waals surface area contributed by atoms with Crippen LogP contribution in [0.5, 0.6) is 0 Å². The van der Waals surface area contributed by atoms with Gasteiger partial charge in [-0.2, -0.15) is 0 Å². The van der Waals surface area contributed by atoms with Gasteiger partial charge in [-0.25, -0.2) is 8.78 Å². The van der Waals surface area contributed by atoms with Crippen LogP contribution in [0.1, 0.15) is 71.6 Å². The Labute approximate surface area is 128 Å². The summed E-state index contributed by atoms with van der Waals surface area (Å²) in [5.41, 5.74) is 0.722. The van der Waals surface area contributed by atoms with Crippen molar-refractivity contribution in [2.45, 2.75) is 77.6 Å². The van der Waals surface area contributed by atoms with Crippen LogP contribution in [0.15, 0.2) is 24.3 Å². The summed E-state index contributed by atoms with van der Waals surface area (Å²) in [6.07, 6.45) is 12.2. The summed E-state index contributed by atoms with van der Waals surface area (Å²) >= 11 is 0. The van der Waals surface area contributed by atoms with Gasteiger partial charge in [-0.15, -0.1) is 0 Å². The van der Waals surface area contributed by atoms with Gasteiger partial charge in [0.1, 0.15) is 0 Å². The Morgan fingerprint density at radius 2 is 1.95 bits per heavy atom. The molecule has 0 radical (unpaired) electrons. The lowest BCUT2D eigenvalue weighted by atomic mass is 9.78. The van der Waals surface area contributed by atoms with Crippen molar-refractivity contribution in [1.29, 1.82) is 0 Å². The van der Waals surface area contributed by atoms with Gasteiger partial charge < -0.3 is 0 Å². The molecule has 2 fully saturated rings. The number of rotatable bonds is 7. The number of halogens is 2. The fourth-order valence-electron chi connectivity index (χ4n) is 3.86. The Balaban J connectivity index is 1.68. The predicted octanol–water partition coefficient (Wildman–Crippen LogP) is 6.53. The molecule has 0 N–H and O–H groups in total. The number of alkyl halides is 2. The summed E-state index contributed by atoms with van der Waals surface area (Å²) in [5, 5.41) is 0. The molecule has 0 amide bonds. The van der Waals surface area contributed by atoms with E-state index in [1.807, 2.05) is 6.92 Å². The first-order chi connectivity index (χ1) is 9.90. The predicted molar refractivity (Wildman–Crippen MR) is 85.5 cm³/mol. The average Bonchev–Trinajstić information content (AvgIpc) is 2.95. The topological polar surface area (TPSA) is 0 Å². The second-order valence-electron chi connectivity index (χ2n) is 7.36. The van der Waals surface area contributed by atoms with Crippen LogP contribution < -0.4 is 0 Å². The molecule has 21 heavy (non-hydrogen) atoms. The van der Waals surface area contributed by atoms with Gasteiger partial charge >= 0.3 is 0 Å². The van der Waals surface area contributed by atoms with E-state index >= 15 is 0 Å². The molecule has 0 nitrogen and oxygen atoms in total. The lowest BCUT2D eigenvalue weighted by Crippen LogP contribution is -2.14. The van der Waals surface area contributed by atoms with Crippen LogP contribution in [-0.2, 0) is 0 Å². The highest BCUT2D eigenvalue weighted by molar-refractivity contribution is 5.10. The lowest BCUT2D eigenvalue weighted by molar-refractivity contribution is 0.0566. The van der Waals surface area contributed by atoms with E-state index in [4.69, 9.17) is 0 Å². The Kier molecular flexibility index (Phi) is 5.27. The molecule has 0 bridgehead atoms. The van der Waals surface area contributed by atoms with Crippen molar-refractivity contribution in [3.05, 3.63) is 24.3 Å². The van der Waals surface area contributed by atoms with Crippen molar-refractivity contribution in [2.75, 3.05) is 0 Å². The van der Waals surface area contributed by atoms with Gasteiger partial charge in [0.15, 0.2) is 0 Å². The van der Waals surface area contributed by atoms with E-state index in [9.17, 15) is 8.78 Å². The van der Waals surface area contributed by atoms with Gasteiger partial charge in [-0.1, -0.05) is 44.6 Å². The van der Waals surface area contributed by atoms with Gasteiger partial charge in [0, 0.05) is 11.8 Å². The van der Waals surface area contributed by atoms with E-state index in [1.165, 1.54) is 18.4 Å². The van der Waals surface area contributed by atoms with Crippen molar-refractivity contribution >= 4 is 0 Å². The van der Waals surface area contributed by atoms with Crippen LogP contribution >= 0.6 is 0 Å². The molecule has 0 aromatic rings. The molecule has 0 heterocycles. The first-order valence-corrected chi connectivity index (χ1v) is 8.61. The smallest absolute Gasteiger partial charge is 0.206 e. The van der Waals surface area contributed by atoms with Crippen molar-refractivity contribution < 1.29 is 8.78 Å². The minimum Gasteiger partial charge on any atom is -0.206 e. The van der Waals surface area contributed by atoms with E-state index in [-0.39, 0.29) is 6.42 Å². The van der Waals surface area contributed by atoms with Gasteiger partial charge in [0.2, 0.25) is 0 Å². The maximum absolute atomic E-state index is 13.5. The molecule has 2 rings (SSSR count). The Morgan fingerprint density at radius 1 is 1.24 bits per heavy atom. The van der Waals surface area contributed by atoms with Gasteiger partial charge in [-0.3, -0.25) is 0 Å². The zero-order valence-electron chi connectivity index (χ0n) is 13.6. The van der Waals surface area contributed by atoms with E-state index in [1.54, 1.807) is 0 Å². The second-order valence-corrected chi connectivity index (χ2v) is 7.36. The molecule has 0 spiro atoms. The molecule has 0 aromatic heterocycles. The van der Waals surface area contributed by atoms with E-state index in [0.29, 0.717) is 18.8 Å². The van der Waals surface area contributed by atoms with E-state index < -0.39 is 11.3 Å². The monoisotopic (exact) mass is 296 g/mol. The minimum atomic E-state index is -2.39. The number of hydrogen-bond acceptors (Lipinski definition) is 0. The summed E-state index contributed by atoms with van der Waals surface area (Å²) in [6.45, 7) is 8.42. The molecule has 2 saturated carbocycles. The zero-order chi connectivity index (χ0) is 15.5. The first kappa shape index (κ1) is 16.7. The molecule has 2 heteroatoms. The molecule has 3 atom stereocenters. The van der Waals surface area contributed by atoms with Crippen molar-refractivity contribution in [3.63, 3.8) is 0 Å². The third kappa shape index (κ3) is 3.96. The van der Waals surface area contributed by atoms with Crippen molar-refractivity contribution in [1.82, 2.24) is 0 Å². The molecule has 2 aliphatic carbocycles. The minimum absolute atomic E-state index is 0.113. The standard InChI is InChI=1S/C19H30F2/c1-4-11-18(14-19(18,20)21)12-7-5-6-8-17-10-9-15(2)16(3)13-17/h5-6,15,17H,3-4,7-14H2,1-2H3/b6-5+/t15?,17-,18?/m1/s1. The number of allylic oxidation sites excluding steroid dienone is 3. The Hall–Kier alpha value is -0.660. The highest BCUT2D eigenvalue weighted by atomic mass is 19.3. The second kappa shape index (κ2) is 6.62. The van der Waals surface area contributed by atoms with Crippen molar-refractivity contribution in [3.8, 4) is 0 Å². The molecular weight excluding hydrogens is 266 g/mol. The normalized spacial score (nSPS) is 35.3. The number of hydrogen-bond donors (Lipinski definition) is 0. The summed E-state index contributed by atoms with van der Waals surface area (Å²) < 4.78 is 27.0. The molecule has 0 aromatic carbocycles. The average molecular weight is 296 g/mol. The van der Waals surface area contributed by atoms with Crippen LogP contribution in [-0.4, -0.2) is 5.92 Å². The van der Waals surface area contributed by atoms with Crippen LogP contribution in [0.2, 0.25) is 0 Å². The quantitative estimate of drug-likeness (QED) is 0.468. The summed E-state index contributed by atoms with van der Waals surface area (Å²) in [4.78, 5) is 0. The van der Waals surface area contributed by atoms with Crippen molar-refractivity contribution in [2.24, 2.45) is 17.3 Å². The van der Waals surface area contributed by atoms with Crippen LogP contribution in [0.25, 0.3) is 0 Å². The lowest BCUT2D eigenvalue weighted by Gasteiger charge is -2.27. The molecule has 0 saturated heterocycles. The Morgan fingerprint density at radius 3 is 2.52 bits per heavy atom. The van der Waals surface area contributed by atoms with Gasteiger partial charge in [0.25, 0.3) is 5.92 Å². The summed E-state index contributed by atoms with van der Waals surface area (Å²) in [7, 11) is 0. The maximum Gasteiger partial charge on any atom is 0.254 e. The molecule has 2 unspecified atom stereocenters. The highest BCUT2D eigenvalue weighted by Crippen LogP contribution is 2.65. The fraction of sp³-hybridized carbons (Fsp3) is 0.789. The van der Waals surface area contributed by atoms with Crippen LogP contribution in [0.4, 0.5) is 8.78 Å². The molecule has 120 valence electrons. The zero-order valence-corrected chi connectivity index (χ0v) is 13.6. The van der Waals surface area contributed by atoms with E-state index in [0.717, 1.165) is 31.6 Å². The molecular formula is C19H30F2. The third-order valence-corrected chi connectivity index (χ3v) is 5.62. The Bertz CT molecular complexity index is 396. The van der Waals surface area contributed by atoms with Gasteiger partial charge in [-0.05, 0) is 56.8 Å². The van der Waals surface area contributed by atoms with Crippen LogP contribution in [0.3, 0.4) is 0 Å². The largest absolute Gasteiger partial charge is 0.254 e. The maximum atomic E-state index is 13.5. The highest BCUT2D eigenvalue weighted by Gasteiger charge is 2.69. The third-order valence-electron chi connectivity index (χ3n) is 5.62. The molecule has 0 aliphatic heterocycles. The SMILES string of the molecule is C=C1C[C@H](C/C=C/CCC2(CCC)CC2(F)F)CCC1C. The summed E-state index contributed by atoms with van der Waals surface area (Å²) in [6, 6.07) is 0. The summed E-state index contributed by atoms with van der Waals surface area (Å²) in [5.74, 6) is -0.998. The van der Waals surface area contributed by atoms with Gasteiger partial charge in [0.05, 0.1) is 0 Å². The first-order valence-electron chi connectivity index (χ1n) is 8.61. The van der Waals surface area contributed by atoms with Crippen LogP contribution in [0, 0.1) is 17.3 Å². The fourth-order valence-corrected chi connectivity index (χ4v) is 3.86. The molecule has 2 aliphatic rings.